The summed E-state index contributed by atoms with van der Waals surface area (Å²) in [4.78, 5) is 0. The standard InChI is InChI=1S/C11H20O4/c1-2-10(4-13-5-10)6-14-7-11(3-12)8-15-9-11/h12H,2-9H2,1H3. The van der Waals surface area contributed by atoms with Gasteiger partial charge in [-0.1, -0.05) is 6.92 Å². The lowest BCUT2D eigenvalue weighted by Gasteiger charge is -2.43. The summed E-state index contributed by atoms with van der Waals surface area (Å²) in [7, 11) is 0. The summed E-state index contributed by atoms with van der Waals surface area (Å²) in [5, 5.41) is 9.21. The molecule has 1 N–H and O–H groups in total. The molecule has 0 spiro atoms. The maximum Gasteiger partial charge on any atom is 0.0635 e. The molecule has 0 aromatic rings. The quantitative estimate of drug-likeness (QED) is 0.700. The average Bonchev–Trinajstić information content (AvgIpc) is 2.14. The highest BCUT2D eigenvalue weighted by atomic mass is 16.5. The van der Waals surface area contributed by atoms with Gasteiger partial charge in [-0.3, -0.25) is 0 Å². The molecule has 0 aromatic heterocycles. The van der Waals surface area contributed by atoms with Crippen molar-refractivity contribution < 1.29 is 19.3 Å². The molecule has 0 radical (unpaired) electrons. The predicted octanol–water partition coefficient (Wildman–Crippen LogP) is 0.438. The highest BCUT2D eigenvalue weighted by Gasteiger charge is 2.41. The maximum absolute atomic E-state index is 9.21. The van der Waals surface area contributed by atoms with Gasteiger partial charge in [-0.2, -0.15) is 0 Å². The van der Waals surface area contributed by atoms with Gasteiger partial charge in [-0.15, -0.1) is 0 Å². The van der Waals surface area contributed by atoms with Crippen LogP contribution >= 0.6 is 0 Å². The number of aliphatic hydroxyl groups excluding tert-OH is 1. The smallest absolute Gasteiger partial charge is 0.0635 e. The summed E-state index contributed by atoms with van der Waals surface area (Å²) in [5.41, 5.74) is 0.112. The van der Waals surface area contributed by atoms with Gasteiger partial charge in [-0.25, -0.2) is 0 Å². The minimum atomic E-state index is -0.125. The summed E-state index contributed by atoms with van der Waals surface area (Å²) in [6.07, 6.45) is 1.09. The Morgan fingerprint density at radius 1 is 1.07 bits per heavy atom. The first kappa shape index (κ1) is 11.3. The van der Waals surface area contributed by atoms with E-state index in [2.05, 4.69) is 6.92 Å². The molecule has 0 aliphatic carbocycles. The number of ether oxygens (including phenoxy) is 3. The number of rotatable bonds is 6. The first-order chi connectivity index (χ1) is 7.24. The molecule has 15 heavy (non-hydrogen) atoms. The Morgan fingerprint density at radius 3 is 1.93 bits per heavy atom. The van der Waals surface area contributed by atoms with Crippen LogP contribution in [0.25, 0.3) is 0 Å². The molecule has 0 amide bonds. The lowest BCUT2D eigenvalue weighted by molar-refractivity contribution is -0.196. The first-order valence-corrected chi connectivity index (χ1v) is 5.58. The van der Waals surface area contributed by atoms with Crippen molar-refractivity contribution in [3.63, 3.8) is 0 Å². The first-order valence-electron chi connectivity index (χ1n) is 5.58. The van der Waals surface area contributed by atoms with E-state index >= 15 is 0 Å². The molecule has 2 heterocycles. The van der Waals surface area contributed by atoms with Gasteiger partial charge in [0.25, 0.3) is 0 Å². The van der Waals surface area contributed by atoms with Crippen LogP contribution in [-0.4, -0.2) is 51.4 Å². The van der Waals surface area contributed by atoms with Crippen LogP contribution in [0.5, 0.6) is 0 Å². The van der Waals surface area contributed by atoms with Gasteiger partial charge in [-0.05, 0) is 6.42 Å². The van der Waals surface area contributed by atoms with E-state index in [9.17, 15) is 5.11 Å². The molecule has 88 valence electrons. The number of hydrogen-bond donors (Lipinski definition) is 1. The highest BCUT2D eigenvalue weighted by Crippen LogP contribution is 2.33. The van der Waals surface area contributed by atoms with Crippen LogP contribution in [0.4, 0.5) is 0 Å². The molecule has 2 rings (SSSR count). The van der Waals surface area contributed by atoms with Gasteiger partial charge >= 0.3 is 0 Å². The highest BCUT2D eigenvalue weighted by molar-refractivity contribution is 4.87. The van der Waals surface area contributed by atoms with Crippen LogP contribution in [0.15, 0.2) is 0 Å². The number of aliphatic hydroxyl groups is 1. The third-order valence-electron chi connectivity index (χ3n) is 3.53. The Labute approximate surface area is 90.5 Å². The van der Waals surface area contributed by atoms with Crippen molar-refractivity contribution in [2.75, 3.05) is 46.2 Å². The second kappa shape index (κ2) is 4.37. The fourth-order valence-corrected chi connectivity index (χ4v) is 1.88. The normalized spacial score (nSPS) is 26.8. The van der Waals surface area contributed by atoms with Crippen LogP contribution in [-0.2, 0) is 14.2 Å². The minimum Gasteiger partial charge on any atom is -0.396 e. The van der Waals surface area contributed by atoms with Gasteiger partial charge in [0.05, 0.1) is 51.7 Å². The Hall–Kier alpha value is -0.160. The Balaban J connectivity index is 1.69. The molecule has 4 heteroatoms. The van der Waals surface area contributed by atoms with E-state index in [0.717, 1.165) is 26.2 Å². The van der Waals surface area contributed by atoms with Crippen molar-refractivity contribution in [2.45, 2.75) is 13.3 Å². The van der Waals surface area contributed by atoms with Crippen molar-refractivity contribution in [3.05, 3.63) is 0 Å². The summed E-state index contributed by atoms with van der Waals surface area (Å²) >= 11 is 0. The van der Waals surface area contributed by atoms with Gasteiger partial charge in [0.2, 0.25) is 0 Å². The summed E-state index contributed by atoms with van der Waals surface area (Å²) in [6.45, 7) is 6.54. The second-order valence-electron chi connectivity index (χ2n) is 4.99. The van der Waals surface area contributed by atoms with E-state index in [-0.39, 0.29) is 17.4 Å². The SMILES string of the molecule is CCC1(COCC2(CO)COC2)COC1. The monoisotopic (exact) mass is 216 g/mol. The topological polar surface area (TPSA) is 47.9 Å². The third-order valence-corrected chi connectivity index (χ3v) is 3.53. The van der Waals surface area contributed by atoms with Crippen LogP contribution in [0.2, 0.25) is 0 Å². The van der Waals surface area contributed by atoms with Gasteiger partial charge in [0.1, 0.15) is 0 Å². The van der Waals surface area contributed by atoms with Crippen LogP contribution < -0.4 is 0 Å². The van der Waals surface area contributed by atoms with Crippen molar-refractivity contribution in [1.82, 2.24) is 0 Å². The summed E-state index contributed by atoms with van der Waals surface area (Å²) in [6, 6.07) is 0. The van der Waals surface area contributed by atoms with Gasteiger partial charge < -0.3 is 19.3 Å². The zero-order valence-electron chi connectivity index (χ0n) is 9.33. The molecular weight excluding hydrogens is 196 g/mol. The van der Waals surface area contributed by atoms with Crippen LogP contribution in [0.3, 0.4) is 0 Å². The summed E-state index contributed by atoms with van der Waals surface area (Å²) < 4.78 is 16.0. The predicted molar refractivity (Wildman–Crippen MR) is 54.7 cm³/mol. The van der Waals surface area contributed by atoms with E-state index < -0.39 is 0 Å². The second-order valence-corrected chi connectivity index (χ2v) is 4.99. The van der Waals surface area contributed by atoms with Crippen molar-refractivity contribution in [2.24, 2.45) is 10.8 Å². The van der Waals surface area contributed by atoms with Crippen molar-refractivity contribution >= 4 is 0 Å². The molecule has 0 bridgehead atoms. The third kappa shape index (κ3) is 2.18. The van der Waals surface area contributed by atoms with Gasteiger partial charge in [0, 0.05) is 5.41 Å². The fourth-order valence-electron chi connectivity index (χ4n) is 1.88. The molecule has 2 aliphatic heterocycles. The van der Waals surface area contributed by atoms with Crippen molar-refractivity contribution in [1.29, 1.82) is 0 Å². The molecule has 2 saturated heterocycles. The van der Waals surface area contributed by atoms with Crippen molar-refractivity contribution in [3.8, 4) is 0 Å². The minimum absolute atomic E-state index is 0.125. The van der Waals surface area contributed by atoms with E-state index in [1.54, 1.807) is 0 Å². The zero-order chi connectivity index (χ0) is 10.8. The Morgan fingerprint density at radius 2 is 1.60 bits per heavy atom. The maximum atomic E-state index is 9.21. The lowest BCUT2D eigenvalue weighted by atomic mass is 9.84. The summed E-state index contributed by atoms with van der Waals surface area (Å²) in [5.74, 6) is 0. The van der Waals surface area contributed by atoms with E-state index in [0.29, 0.717) is 19.8 Å². The molecular formula is C11H20O4. The Bertz CT molecular complexity index is 176. The largest absolute Gasteiger partial charge is 0.396 e. The molecule has 2 aliphatic rings. The Kier molecular flexibility index (Phi) is 3.30. The molecule has 0 saturated carbocycles. The number of hydrogen-bond acceptors (Lipinski definition) is 4. The van der Waals surface area contributed by atoms with E-state index in [1.807, 2.05) is 0 Å². The van der Waals surface area contributed by atoms with E-state index in [4.69, 9.17) is 14.2 Å². The lowest BCUT2D eigenvalue weighted by Crippen LogP contribution is -2.51. The van der Waals surface area contributed by atoms with Gasteiger partial charge in [0.15, 0.2) is 0 Å². The molecule has 4 nitrogen and oxygen atoms in total. The molecule has 2 fully saturated rings. The zero-order valence-corrected chi connectivity index (χ0v) is 9.33. The molecule has 0 unspecified atom stereocenters. The molecule has 0 atom stereocenters. The fraction of sp³-hybridized carbons (Fsp3) is 1.00. The average molecular weight is 216 g/mol. The van der Waals surface area contributed by atoms with E-state index in [1.165, 1.54) is 0 Å². The molecule has 0 aromatic carbocycles. The van der Waals surface area contributed by atoms with Crippen LogP contribution in [0, 0.1) is 10.8 Å². The van der Waals surface area contributed by atoms with Crippen LogP contribution in [0.1, 0.15) is 13.3 Å².